The summed E-state index contributed by atoms with van der Waals surface area (Å²) in [6, 6.07) is 10.6. The first-order valence-electron chi connectivity index (χ1n) is 8.58. The summed E-state index contributed by atoms with van der Waals surface area (Å²) in [5, 5.41) is 15.2. The third-order valence-corrected chi connectivity index (χ3v) is 4.47. The summed E-state index contributed by atoms with van der Waals surface area (Å²) in [5.74, 6) is 3.39. The Hall–Kier alpha value is -1.64. The van der Waals surface area contributed by atoms with Crippen molar-refractivity contribution < 1.29 is 0 Å². The molecule has 0 bridgehead atoms. The van der Waals surface area contributed by atoms with E-state index in [1.807, 2.05) is 24.6 Å². The maximum atomic E-state index is 4.70. The molecule has 7 heteroatoms. The molecular weight excluding hydrogens is 427 g/mol. The lowest BCUT2D eigenvalue weighted by Gasteiger charge is -2.18. The number of rotatable bonds is 6. The molecule has 1 unspecified atom stereocenters. The van der Waals surface area contributed by atoms with Crippen LogP contribution in [-0.4, -0.2) is 27.3 Å². The van der Waals surface area contributed by atoms with Crippen LogP contribution in [0.5, 0.6) is 0 Å². The summed E-state index contributed by atoms with van der Waals surface area (Å²) in [7, 11) is 1.97. The molecule has 3 rings (SSSR count). The maximum Gasteiger partial charge on any atom is 0.192 e. The summed E-state index contributed by atoms with van der Waals surface area (Å²) in [6.45, 7) is 5.59. The van der Waals surface area contributed by atoms with Crippen LogP contribution in [0.3, 0.4) is 0 Å². The molecule has 1 aromatic heterocycles. The minimum Gasteiger partial charge on any atom is -0.356 e. The fraction of sp³-hybridized carbons (Fsp3) is 0.500. The highest BCUT2D eigenvalue weighted by Crippen LogP contribution is 2.27. The van der Waals surface area contributed by atoms with Gasteiger partial charge in [0, 0.05) is 13.6 Å². The van der Waals surface area contributed by atoms with Crippen molar-refractivity contribution in [1.29, 1.82) is 0 Å². The predicted octanol–water partition coefficient (Wildman–Crippen LogP) is 2.95. The fourth-order valence-corrected chi connectivity index (χ4v) is 2.48. The summed E-state index contributed by atoms with van der Waals surface area (Å²) < 4.78 is 1.97. The number of guanidine groups is 1. The van der Waals surface area contributed by atoms with E-state index in [-0.39, 0.29) is 30.0 Å². The Labute approximate surface area is 166 Å². The quantitative estimate of drug-likeness (QED) is 0.400. The zero-order valence-corrected chi connectivity index (χ0v) is 17.4. The van der Waals surface area contributed by atoms with Crippen molar-refractivity contribution in [3.05, 3.63) is 47.5 Å². The molecule has 1 aliphatic carbocycles. The van der Waals surface area contributed by atoms with E-state index in [0.717, 1.165) is 30.1 Å². The third-order valence-electron chi connectivity index (χ3n) is 4.47. The van der Waals surface area contributed by atoms with Crippen LogP contribution in [0.1, 0.15) is 43.0 Å². The Balaban J connectivity index is 0.00000225. The normalized spacial score (nSPS) is 15.4. The molecule has 1 fully saturated rings. The molecule has 0 saturated heterocycles. The van der Waals surface area contributed by atoms with Crippen molar-refractivity contribution >= 4 is 29.9 Å². The zero-order valence-electron chi connectivity index (χ0n) is 15.1. The summed E-state index contributed by atoms with van der Waals surface area (Å²) in [5.41, 5.74) is 1.24. The van der Waals surface area contributed by atoms with Gasteiger partial charge in [-0.25, -0.2) is 4.99 Å². The smallest absolute Gasteiger partial charge is 0.192 e. The van der Waals surface area contributed by atoms with E-state index in [2.05, 4.69) is 52.0 Å². The Morgan fingerprint density at radius 2 is 2.00 bits per heavy atom. The number of aromatic nitrogens is 3. The molecule has 0 amide bonds. The Morgan fingerprint density at radius 1 is 1.28 bits per heavy atom. The minimum atomic E-state index is 0. The number of nitrogens with zero attached hydrogens (tertiary/aromatic N) is 4. The van der Waals surface area contributed by atoms with Gasteiger partial charge in [-0.05, 0) is 38.2 Å². The van der Waals surface area contributed by atoms with Gasteiger partial charge in [-0.15, -0.1) is 34.2 Å². The van der Waals surface area contributed by atoms with Gasteiger partial charge in [0.05, 0.1) is 6.04 Å². The van der Waals surface area contributed by atoms with Gasteiger partial charge >= 0.3 is 0 Å². The number of benzene rings is 1. The molecule has 1 heterocycles. The second-order valence-electron chi connectivity index (χ2n) is 6.49. The predicted molar refractivity (Wildman–Crippen MR) is 111 cm³/mol. The van der Waals surface area contributed by atoms with E-state index in [4.69, 9.17) is 4.99 Å². The topological polar surface area (TPSA) is 67.1 Å². The lowest BCUT2D eigenvalue weighted by molar-refractivity contribution is 0.662. The maximum absolute atomic E-state index is 4.70. The lowest BCUT2D eigenvalue weighted by Crippen LogP contribution is -2.39. The van der Waals surface area contributed by atoms with Crippen molar-refractivity contribution in [2.45, 2.75) is 39.3 Å². The van der Waals surface area contributed by atoms with Gasteiger partial charge in [-0.1, -0.05) is 30.3 Å². The van der Waals surface area contributed by atoms with Gasteiger partial charge in [0.2, 0.25) is 0 Å². The van der Waals surface area contributed by atoms with Gasteiger partial charge in [0.1, 0.15) is 12.4 Å². The van der Waals surface area contributed by atoms with E-state index < -0.39 is 0 Å². The van der Waals surface area contributed by atoms with E-state index >= 15 is 0 Å². The molecule has 0 aliphatic heterocycles. The molecule has 0 radical (unpaired) electrons. The minimum absolute atomic E-state index is 0. The molecule has 2 N–H and O–H groups in total. The molecule has 1 aromatic carbocycles. The van der Waals surface area contributed by atoms with Gasteiger partial charge in [0.15, 0.2) is 11.8 Å². The molecule has 1 saturated carbocycles. The number of aliphatic imine (C=N–C) groups is 1. The van der Waals surface area contributed by atoms with Gasteiger partial charge in [-0.3, -0.25) is 0 Å². The third kappa shape index (κ3) is 5.69. The number of aryl methyl sites for hydroxylation is 1. The number of halogens is 1. The van der Waals surface area contributed by atoms with E-state index in [9.17, 15) is 0 Å². The Kier molecular flexibility index (Phi) is 7.22. The van der Waals surface area contributed by atoms with Crippen LogP contribution in [0.25, 0.3) is 0 Å². The molecule has 136 valence electrons. The van der Waals surface area contributed by atoms with Crippen LogP contribution in [0, 0.1) is 12.8 Å². The summed E-state index contributed by atoms with van der Waals surface area (Å²) in [6.07, 6.45) is 2.63. The molecule has 1 atom stereocenters. The number of hydrogen-bond donors (Lipinski definition) is 2. The van der Waals surface area contributed by atoms with Crippen LogP contribution in [0.2, 0.25) is 0 Å². The van der Waals surface area contributed by atoms with Crippen LogP contribution in [0.15, 0.2) is 35.3 Å². The highest BCUT2D eigenvalue weighted by atomic mass is 127. The van der Waals surface area contributed by atoms with Crippen molar-refractivity contribution in [2.24, 2.45) is 18.0 Å². The van der Waals surface area contributed by atoms with Crippen molar-refractivity contribution in [3.63, 3.8) is 0 Å². The first kappa shape index (κ1) is 19.7. The lowest BCUT2D eigenvalue weighted by atomic mass is 10.1. The average molecular weight is 454 g/mol. The summed E-state index contributed by atoms with van der Waals surface area (Å²) in [4.78, 5) is 4.70. The van der Waals surface area contributed by atoms with Crippen LogP contribution >= 0.6 is 24.0 Å². The fourth-order valence-electron chi connectivity index (χ4n) is 2.48. The Bertz CT molecular complexity index is 693. The van der Waals surface area contributed by atoms with Crippen molar-refractivity contribution in [2.75, 3.05) is 6.54 Å². The van der Waals surface area contributed by atoms with Crippen molar-refractivity contribution in [1.82, 2.24) is 25.4 Å². The van der Waals surface area contributed by atoms with Gasteiger partial charge in [-0.2, -0.15) is 0 Å². The monoisotopic (exact) mass is 454 g/mol. The average Bonchev–Trinajstić information content (AvgIpc) is 3.38. The molecule has 1 aliphatic rings. The van der Waals surface area contributed by atoms with E-state index in [1.54, 1.807) is 0 Å². The van der Waals surface area contributed by atoms with Crippen LogP contribution < -0.4 is 10.6 Å². The summed E-state index contributed by atoms with van der Waals surface area (Å²) >= 11 is 0. The highest BCUT2D eigenvalue weighted by molar-refractivity contribution is 14.0. The molecular formula is C18H27IN6. The molecule has 25 heavy (non-hydrogen) atoms. The number of nitrogens with one attached hydrogen (secondary N) is 2. The molecule has 6 nitrogen and oxygen atoms in total. The van der Waals surface area contributed by atoms with Gasteiger partial charge in [0.25, 0.3) is 0 Å². The Morgan fingerprint density at radius 3 is 2.60 bits per heavy atom. The van der Waals surface area contributed by atoms with E-state index in [1.165, 1.54) is 18.4 Å². The SMILES string of the molecule is Cc1nnc(CN=C(NCC2CC2)NC(C)c2ccccc2)n1C.I. The van der Waals surface area contributed by atoms with Crippen molar-refractivity contribution in [3.8, 4) is 0 Å². The molecule has 2 aromatic rings. The first-order chi connectivity index (χ1) is 11.6. The zero-order chi connectivity index (χ0) is 16.9. The van der Waals surface area contributed by atoms with Crippen LogP contribution in [-0.2, 0) is 13.6 Å². The second kappa shape index (κ2) is 9.17. The number of hydrogen-bond acceptors (Lipinski definition) is 3. The standard InChI is InChI=1S/C18H26N6.HI/c1-13(16-7-5-4-6-8-16)21-18(19-11-15-9-10-15)20-12-17-23-22-14(2)24(17)3;/h4-8,13,15H,9-12H2,1-3H3,(H2,19,20,21);1H. The second-order valence-corrected chi connectivity index (χ2v) is 6.49. The molecule has 0 spiro atoms. The largest absolute Gasteiger partial charge is 0.356 e. The van der Waals surface area contributed by atoms with Gasteiger partial charge < -0.3 is 15.2 Å². The highest BCUT2D eigenvalue weighted by Gasteiger charge is 2.21. The van der Waals surface area contributed by atoms with E-state index in [0.29, 0.717) is 6.54 Å². The first-order valence-corrected chi connectivity index (χ1v) is 8.58. The van der Waals surface area contributed by atoms with Crippen LogP contribution in [0.4, 0.5) is 0 Å².